The number of rotatable bonds is 5. The smallest absolute Gasteiger partial charge is 0.263 e. The molecule has 1 aliphatic heterocycles. The highest BCUT2D eigenvalue weighted by Gasteiger charge is 2.25. The normalized spacial score (nSPS) is 20.1. The predicted octanol–water partition coefficient (Wildman–Crippen LogP) is 4.12. The number of aromatic nitrogens is 2. The minimum Gasteiger partial charge on any atom is -0.342 e. The van der Waals surface area contributed by atoms with Gasteiger partial charge in [0, 0.05) is 24.5 Å². The summed E-state index contributed by atoms with van der Waals surface area (Å²) in [5, 5.41) is 1.42. The lowest BCUT2D eigenvalue weighted by atomic mass is 9.89. The molecule has 0 N–H and O–H groups in total. The maximum absolute atomic E-state index is 13.3. The van der Waals surface area contributed by atoms with Crippen LogP contribution in [0.15, 0.2) is 22.6 Å². The maximum atomic E-state index is 13.3. The molecule has 29 heavy (non-hydrogen) atoms. The zero-order valence-electron chi connectivity index (χ0n) is 17.3. The third-order valence-electron chi connectivity index (χ3n) is 6.15. The van der Waals surface area contributed by atoms with Crippen LogP contribution in [0.5, 0.6) is 0 Å². The van der Waals surface area contributed by atoms with Crippen molar-refractivity contribution in [2.24, 2.45) is 11.8 Å². The first-order valence-electron chi connectivity index (χ1n) is 10.5. The van der Waals surface area contributed by atoms with Gasteiger partial charge in [-0.05, 0) is 49.5 Å². The number of thiophene rings is 1. The van der Waals surface area contributed by atoms with Gasteiger partial charge in [-0.3, -0.25) is 14.2 Å². The molecule has 0 spiro atoms. The van der Waals surface area contributed by atoms with Crippen molar-refractivity contribution in [2.45, 2.75) is 57.7 Å². The molecule has 2 aromatic heterocycles. The number of thioether (sulfide) groups is 1. The van der Waals surface area contributed by atoms with Crippen LogP contribution in [0, 0.1) is 11.8 Å². The Labute approximate surface area is 180 Å². The number of hydrogen-bond donors (Lipinski definition) is 0. The molecular formula is C22H29N3O2S2. The lowest BCUT2D eigenvalue weighted by Gasteiger charge is -2.30. The van der Waals surface area contributed by atoms with Crippen molar-refractivity contribution in [2.75, 3.05) is 18.8 Å². The number of likely N-dealkylation sites (tertiary alicyclic amines) is 1. The second-order valence-corrected chi connectivity index (χ2v) is 10.5. The van der Waals surface area contributed by atoms with E-state index < -0.39 is 0 Å². The van der Waals surface area contributed by atoms with E-state index in [9.17, 15) is 9.59 Å². The molecule has 0 aromatic carbocycles. The monoisotopic (exact) mass is 431 g/mol. The van der Waals surface area contributed by atoms with Gasteiger partial charge in [-0.1, -0.05) is 31.7 Å². The summed E-state index contributed by atoms with van der Waals surface area (Å²) in [5.74, 6) is 1.82. The average Bonchev–Trinajstić information content (AvgIpc) is 3.06. The standard InChI is InChI=1S/C22H29N3O2S2/c1-4-9-25-21(27)19-16-6-5-15(3)12-17(16)29-20(19)23-22(25)28-13-18(26)24-10-7-14(2)8-11-24/h4,14-15H,1,5-13H2,2-3H3. The molecule has 3 heterocycles. The van der Waals surface area contributed by atoms with E-state index in [-0.39, 0.29) is 11.5 Å². The van der Waals surface area contributed by atoms with Crippen LogP contribution in [0.25, 0.3) is 10.2 Å². The van der Waals surface area contributed by atoms with Gasteiger partial charge in [-0.2, -0.15) is 0 Å². The first-order valence-corrected chi connectivity index (χ1v) is 12.3. The van der Waals surface area contributed by atoms with E-state index in [1.807, 2.05) is 4.90 Å². The van der Waals surface area contributed by atoms with Crippen molar-refractivity contribution < 1.29 is 4.79 Å². The van der Waals surface area contributed by atoms with Gasteiger partial charge in [-0.25, -0.2) is 4.98 Å². The molecule has 156 valence electrons. The van der Waals surface area contributed by atoms with E-state index >= 15 is 0 Å². The summed E-state index contributed by atoms with van der Waals surface area (Å²) in [6.07, 6.45) is 6.99. The lowest BCUT2D eigenvalue weighted by molar-refractivity contribution is -0.129. The third kappa shape index (κ3) is 4.17. The van der Waals surface area contributed by atoms with Gasteiger partial charge in [0.1, 0.15) is 4.83 Å². The second-order valence-electron chi connectivity index (χ2n) is 8.48. The van der Waals surface area contributed by atoms with E-state index in [4.69, 9.17) is 4.98 Å². The molecule has 5 nitrogen and oxygen atoms in total. The Morgan fingerprint density at radius 3 is 2.76 bits per heavy atom. The highest BCUT2D eigenvalue weighted by molar-refractivity contribution is 7.99. The van der Waals surface area contributed by atoms with Crippen molar-refractivity contribution in [3.63, 3.8) is 0 Å². The first kappa shape index (κ1) is 20.7. The highest BCUT2D eigenvalue weighted by atomic mass is 32.2. The number of piperidine rings is 1. The molecule has 1 amide bonds. The number of amides is 1. The Balaban J connectivity index is 1.61. The molecule has 1 aliphatic carbocycles. The number of hydrogen-bond acceptors (Lipinski definition) is 5. The molecule has 1 fully saturated rings. The molecule has 1 saturated heterocycles. The number of aryl methyl sites for hydroxylation is 1. The molecule has 1 atom stereocenters. The van der Waals surface area contributed by atoms with Crippen molar-refractivity contribution in [3.8, 4) is 0 Å². The topological polar surface area (TPSA) is 55.2 Å². The average molecular weight is 432 g/mol. The Morgan fingerprint density at radius 1 is 1.28 bits per heavy atom. The minimum absolute atomic E-state index is 0.0173. The largest absolute Gasteiger partial charge is 0.342 e. The summed E-state index contributed by atoms with van der Waals surface area (Å²) in [4.78, 5) is 34.9. The summed E-state index contributed by atoms with van der Waals surface area (Å²) in [7, 11) is 0. The van der Waals surface area contributed by atoms with E-state index in [0.717, 1.165) is 55.4 Å². The summed E-state index contributed by atoms with van der Waals surface area (Å²) in [6, 6.07) is 0. The quantitative estimate of drug-likeness (QED) is 0.406. The minimum atomic E-state index is 0.0173. The number of allylic oxidation sites excluding steroid dienone is 1. The molecule has 0 radical (unpaired) electrons. The zero-order chi connectivity index (χ0) is 20.5. The van der Waals surface area contributed by atoms with Gasteiger partial charge in [0.05, 0.1) is 11.1 Å². The molecular weight excluding hydrogens is 402 g/mol. The van der Waals surface area contributed by atoms with Gasteiger partial charge in [0.2, 0.25) is 5.91 Å². The Bertz CT molecular complexity index is 986. The van der Waals surface area contributed by atoms with Gasteiger partial charge in [0.25, 0.3) is 5.56 Å². The Morgan fingerprint density at radius 2 is 2.03 bits per heavy atom. The summed E-state index contributed by atoms with van der Waals surface area (Å²) >= 11 is 3.05. The predicted molar refractivity (Wildman–Crippen MR) is 121 cm³/mol. The third-order valence-corrected chi connectivity index (χ3v) is 8.26. The number of fused-ring (bicyclic) bond motifs is 3. The SMILES string of the molecule is C=CCn1c(SCC(=O)N2CCC(C)CC2)nc2sc3c(c2c1=O)CCC(C)C3. The van der Waals surface area contributed by atoms with E-state index in [1.165, 1.54) is 22.2 Å². The summed E-state index contributed by atoms with van der Waals surface area (Å²) < 4.78 is 1.69. The zero-order valence-corrected chi connectivity index (χ0v) is 18.9. The molecule has 2 aromatic rings. The molecule has 1 unspecified atom stereocenters. The van der Waals surface area contributed by atoms with Crippen LogP contribution >= 0.6 is 23.1 Å². The summed E-state index contributed by atoms with van der Waals surface area (Å²) in [5.41, 5.74) is 1.22. The van der Waals surface area contributed by atoms with Crippen LogP contribution < -0.4 is 5.56 Å². The summed E-state index contributed by atoms with van der Waals surface area (Å²) in [6.45, 7) is 10.4. The molecule has 7 heteroatoms. The highest BCUT2D eigenvalue weighted by Crippen LogP contribution is 2.36. The van der Waals surface area contributed by atoms with Gasteiger partial charge in [0.15, 0.2) is 5.16 Å². The first-order chi connectivity index (χ1) is 14.0. The van der Waals surface area contributed by atoms with Crippen LogP contribution in [0.2, 0.25) is 0 Å². The fraction of sp³-hybridized carbons (Fsp3) is 0.591. The van der Waals surface area contributed by atoms with Crippen LogP contribution in [0.4, 0.5) is 0 Å². The van der Waals surface area contributed by atoms with Crippen molar-refractivity contribution in [1.29, 1.82) is 0 Å². The van der Waals surface area contributed by atoms with E-state index in [1.54, 1.807) is 22.0 Å². The van der Waals surface area contributed by atoms with Gasteiger partial charge < -0.3 is 4.90 Å². The van der Waals surface area contributed by atoms with E-state index in [2.05, 4.69) is 20.4 Å². The Kier molecular flexibility index (Phi) is 6.16. The van der Waals surface area contributed by atoms with Crippen LogP contribution in [0.1, 0.15) is 43.6 Å². The Hall–Kier alpha value is -1.60. The van der Waals surface area contributed by atoms with Gasteiger partial charge in [-0.15, -0.1) is 17.9 Å². The molecule has 4 rings (SSSR count). The molecule has 0 bridgehead atoms. The van der Waals surface area contributed by atoms with Gasteiger partial charge >= 0.3 is 0 Å². The second kappa shape index (κ2) is 8.64. The lowest BCUT2D eigenvalue weighted by Crippen LogP contribution is -2.39. The number of nitrogens with zero attached hydrogens (tertiary/aromatic N) is 3. The van der Waals surface area contributed by atoms with Crippen LogP contribution in [-0.2, 0) is 24.2 Å². The molecule has 0 saturated carbocycles. The fourth-order valence-electron chi connectivity index (χ4n) is 4.28. The van der Waals surface area contributed by atoms with Crippen LogP contribution in [0.3, 0.4) is 0 Å². The van der Waals surface area contributed by atoms with Crippen LogP contribution in [-0.4, -0.2) is 39.2 Å². The van der Waals surface area contributed by atoms with Crippen molar-refractivity contribution in [3.05, 3.63) is 33.4 Å². The number of carbonyl (C=O) groups excluding carboxylic acids is 1. The maximum Gasteiger partial charge on any atom is 0.263 e. The fourth-order valence-corrected chi connectivity index (χ4v) is 6.62. The van der Waals surface area contributed by atoms with E-state index in [0.29, 0.717) is 29.3 Å². The van der Waals surface area contributed by atoms with Crippen molar-refractivity contribution >= 4 is 39.2 Å². The van der Waals surface area contributed by atoms with Crippen molar-refractivity contribution in [1.82, 2.24) is 14.5 Å². The number of carbonyl (C=O) groups is 1. The molecule has 2 aliphatic rings.